The van der Waals surface area contributed by atoms with Crippen LogP contribution in [0.1, 0.15) is 17.0 Å². The first-order valence-corrected chi connectivity index (χ1v) is 16.0. The summed E-state index contributed by atoms with van der Waals surface area (Å²) in [5, 5.41) is 2.92. The minimum atomic E-state index is -1.38. The molecule has 25 heavy (non-hydrogen) atoms. The van der Waals surface area contributed by atoms with Crippen LogP contribution >= 0.6 is 0 Å². The summed E-state index contributed by atoms with van der Waals surface area (Å²) in [6.45, 7) is 15.2. The van der Waals surface area contributed by atoms with Crippen LogP contribution in [-0.4, -0.2) is 29.2 Å². The van der Waals surface area contributed by atoms with Gasteiger partial charge in [0.2, 0.25) is 0 Å². The fraction of sp³-hybridized carbons (Fsp3) is 0.381. The highest BCUT2D eigenvalue weighted by atomic mass is 28.3. The van der Waals surface area contributed by atoms with Crippen molar-refractivity contribution in [3.8, 4) is 11.1 Å². The summed E-state index contributed by atoms with van der Waals surface area (Å²) in [4.78, 5) is 10.8. The molecule has 0 fully saturated rings. The van der Waals surface area contributed by atoms with Crippen molar-refractivity contribution in [3.05, 3.63) is 47.5 Å². The van der Waals surface area contributed by atoms with E-state index in [0.717, 1.165) is 0 Å². The maximum Gasteiger partial charge on any atom is 0.293 e. The minimum Gasteiger partial charge on any atom is -0.467 e. The van der Waals surface area contributed by atoms with Gasteiger partial charge in [0.25, 0.3) is 6.47 Å². The van der Waals surface area contributed by atoms with Crippen molar-refractivity contribution in [2.24, 2.45) is 0 Å². The fourth-order valence-corrected chi connectivity index (χ4v) is 5.95. The lowest BCUT2D eigenvalue weighted by Gasteiger charge is -2.20. The van der Waals surface area contributed by atoms with Gasteiger partial charge in [0, 0.05) is 5.92 Å². The van der Waals surface area contributed by atoms with Crippen LogP contribution in [0.5, 0.6) is 0 Å². The zero-order chi connectivity index (χ0) is 18.4. The van der Waals surface area contributed by atoms with Crippen LogP contribution in [0, 0.1) is 0 Å². The van der Waals surface area contributed by atoms with Gasteiger partial charge in [-0.05, 0) is 22.3 Å². The third kappa shape index (κ3) is 3.38. The Morgan fingerprint density at radius 1 is 0.840 bits per heavy atom. The first kappa shape index (κ1) is 18.1. The SMILES string of the molecule is C[Si](C)(C)c1ccc2c(c1)C(COC=O)c1cc([Si](C)(C)C)ccc1-2. The van der Waals surface area contributed by atoms with E-state index in [1.807, 2.05) is 0 Å². The lowest BCUT2D eigenvalue weighted by Crippen LogP contribution is -2.38. The summed E-state index contributed by atoms with van der Waals surface area (Å²) in [6.07, 6.45) is 0. The van der Waals surface area contributed by atoms with Gasteiger partial charge in [-0.25, -0.2) is 0 Å². The van der Waals surface area contributed by atoms with Gasteiger partial charge in [-0.1, -0.05) is 86.1 Å². The molecule has 1 aliphatic carbocycles. The van der Waals surface area contributed by atoms with Gasteiger partial charge in [0.05, 0.1) is 16.1 Å². The molecule has 0 N–H and O–H groups in total. The lowest BCUT2D eigenvalue weighted by atomic mass is 9.98. The molecule has 0 spiro atoms. The normalized spacial score (nSPS) is 14.2. The summed E-state index contributed by atoms with van der Waals surface area (Å²) in [5.74, 6) is 0.155. The number of ether oxygens (including phenoxy) is 1. The predicted molar refractivity (Wildman–Crippen MR) is 112 cm³/mol. The van der Waals surface area contributed by atoms with Gasteiger partial charge in [0.1, 0.15) is 6.61 Å². The first-order valence-electron chi connectivity index (χ1n) is 8.97. The monoisotopic (exact) mass is 368 g/mol. The molecule has 0 unspecified atom stereocenters. The third-order valence-corrected chi connectivity index (χ3v) is 9.29. The van der Waals surface area contributed by atoms with Crippen LogP contribution in [0.15, 0.2) is 36.4 Å². The van der Waals surface area contributed by atoms with E-state index in [1.165, 1.54) is 32.6 Å². The molecule has 2 aromatic carbocycles. The van der Waals surface area contributed by atoms with Crippen molar-refractivity contribution in [2.75, 3.05) is 6.61 Å². The predicted octanol–water partition coefficient (Wildman–Crippen LogP) is 4.06. The summed E-state index contributed by atoms with van der Waals surface area (Å²) in [6, 6.07) is 13.9. The van der Waals surface area contributed by atoms with E-state index < -0.39 is 16.1 Å². The van der Waals surface area contributed by atoms with E-state index in [2.05, 4.69) is 75.7 Å². The van der Waals surface area contributed by atoms with Gasteiger partial charge in [-0.15, -0.1) is 0 Å². The molecule has 132 valence electrons. The standard InChI is InChI=1S/C21H28O2Si2/c1-24(2,3)15-7-9-17-18-10-8-16(25(4,5)6)12-20(18)21(13-23-14-22)19(17)11-15/h7-12,14,21H,13H2,1-6H3. The molecule has 0 saturated carbocycles. The Kier molecular flexibility index (Phi) is 4.54. The number of benzene rings is 2. The average Bonchev–Trinajstić information content (AvgIpc) is 2.83. The van der Waals surface area contributed by atoms with Crippen LogP contribution < -0.4 is 10.4 Å². The minimum absolute atomic E-state index is 0.155. The highest BCUT2D eigenvalue weighted by molar-refractivity contribution is 6.89. The summed E-state index contributed by atoms with van der Waals surface area (Å²) >= 11 is 0. The van der Waals surface area contributed by atoms with Crippen molar-refractivity contribution < 1.29 is 9.53 Å². The van der Waals surface area contributed by atoms with Crippen LogP contribution in [-0.2, 0) is 9.53 Å². The van der Waals surface area contributed by atoms with Crippen molar-refractivity contribution in [3.63, 3.8) is 0 Å². The molecule has 0 aromatic heterocycles. The highest BCUT2D eigenvalue weighted by Gasteiger charge is 2.32. The second-order valence-corrected chi connectivity index (χ2v) is 19.2. The van der Waals surface area contributed by atoms with E-state index in [4.69, 9.17) is 4.74 Å². The van der Waals surface area contributed by atoms with Crippen LogP contribution in [0.3, 0.4) is 0 Å². The van der Waals surface area contributed by atoms with Crippen LogP contribution in [0.2, 0.25) is 39.3 Å². The zero-order valence-electron chi connectivity index (χ0n) is 16.1. The summed E-state index contributed by atoms with van der Waals surface area (Å²) < 4.78 is 5.22. The third-order valence-electron chi connectivity index (χ3n) is 5.21. The first-order chi connectivity index (χ1) is 11.6. The molecule has 4 heteroatoms. The molecule has 0 radical (unpaired) electrons. The molecule has 1 aliphatic rings. The van der Waals surface area contributed by atoms with E-state index >= 15 is 0 Å². The number of hydrogen-bond donors (Lipinski definition) is 0. The summed E-state index contributed by atoms with van der Waals surface area (Å²) in [7, 11) is -2.77. The molecular weight excluding hydrogens is 340 g/mol. The Bertz CT molecular complexity index is 750. The molecule has 0 saturated heterocycles. The van der Waals surface area contributed by atoms with Gasteiger partial charge < -0.3 is 4.74 Å². The Morgan fingerprint density at radius 2 is 1.28 bits per heavy atom. The van der Waals surface area contributed by atoms with Crippen molar-refractivity contribution in [1.82, 2.24) is 0 Å². The molecule has 3 rings (SSSR count). The molecule has 2 nitrogen and oxygen atoms in total. The topological polar surface area (TPSA) is 26.3 Å². The van der Waals surface area contributed by atoms with Gasteiger partial charge in [-0.3, -0.25) is 4.79 Å². The molecule has 0 atom stereocenters. The Balaban J connectivity index is 2.16. The Hall–Kier alpha value is -1.66. The maximum absolute atomic E-state index is 10.8. The highest BCUT2D eigenvalue weighted by Crippen LogP contribution is 2.44. The van der Waals surface area contributed by atoms with E-state index in [9.17, 15) is 4.79 Å². The van der Waals surface area contributed by atoms with E-state index in [-0.39, 0.29) is 5.92 Å². The zero-order valence-corrected chi connectivity index (χ0v) is 18.1. The molecule has 0 amide bonds. The quantitative estimate of drug-likeness (QED) is 0.587. The summed E-state index contributed by atoms with van der Waals surface area (Å²) in [5.41, 5.74) is 5.26. The lowest BCUT2D eigenvalue weighted by molar-refractivity contribution is -0.128. The molecule has 0 bridgehead atoms. The number of carbonyl (C=O) groups excluding carboxylic acids is 1. The van der Waals surface area contributed by atoms with E-state index in [0.29, 0.717) is 13.1 Å². The van der Waals surface area contributed by atoms with Crippen molar-refractivity contribution in [1.29, 1.82) is 0 Å². The molecule has 2 aromatic rings. The largest absolute Gasteiger partial charge is 0.467 e. The van der Waals surface area contributed by atoms with Crippen LogP contribution in [0.25, 0.3) is 11.1 Å². The smallest absolute Gasteiger partial charge is 0.293 e. The van der Waals surface area contributed by atoms with E-state index in [1.54, 1.807) is 0 Å². The number of hydrogen-bond acceptors (Lipinski definition) is 2. The second kappa shape index (κ2) is 6.25. The van der Waals surface area contributed by atoms with Gasteiger partial charge >= 0.3 is 0 Å². The Labute approximate surface area is 153 Å². The number of carbonyl (C=O) groups is 1. The average molecular weight is 369 g/mol. The van der Waals surface area contributed by atoms with Crippen molar-refractivity contribution >= 4 is 33.0 Å². The fourth-order valence-electron chi connectivity index (χ4n) is 3.61. The van der Waals surface area contributed by atoms with Crippen molar-refractivity contribution in [2.45, 2.75) is 45.2 Å². The number of rotatable bonds is 5. The maximum atomic E-state index is 10.8. The molecule has 0 heterocycles. The molecular formula is C21H28O2Si2. The molecule has 0 aliphatic heterocycles. The van der Waals surface area contributed by atoms with Gasteiger partial charge in [0.15, 0.2) is 0 Å². The van der Waals surface area contributed by atoms with Crippen LogP contribution in [0.4, 0.5) is 0 Å². The number of fused-ring (bicyclic) bond motifs is 3. The van der Waals surface area contributed by atoms with Gasteiger partial charge in [-0.2, -0.15) is 0 Å². The second-order valence-electron chi connectivity index (χ2n) is 9.09. The Morgan fingerprint density at radius 3 is 1.64 bits per heavy atom.